The summed E-state index contributed by atoms with van der Waals surface area (Å²) in [7, 11) is 0. The molecule has 0 saturated heterocycles. The van der Waals surface area contributed by atoms with Gasteiger partial charge < -0.3 is 10.5 Å². The molecule has 0 aliphatic heterocycles. The van der Waals surface area contributed by atoms with Crippen LogP contribution in [0.5, 0.6) is 5.75 Å². The second kappa shape index (κ2) is 7.46. The first kappa shape index (κ1) is 16.6. The average molecular weight is 297 g/mol. The van der Waals surface area contributed by atoms with E-state index in [4.69, 9.17) is 10.5 Å². The molecule has 2 rings (SSSR count). The summed E-state index contributed by atoms with van der Waals surface area (Å²) in [5.74, 6) is 1.36. The maximum atomic E-state index is 6.04. The molecule has 1 unspecified atom stereocenters. The van der Waals surface area contributed by atoms with Crippen LogP contribution in [0, 0.1) is 27.7 Å². The van der Waals surface area contributed by atoms with Crippen LogP contribution in [0.1, 0.15) is 40.2 Å². The molecule has 0 aromatic heterocycles. The molecule has 118 valence electrons. The van der Waals surface area contributed by atoms with Crippen molar-refractivity contribution in [1.82, 2.24) is 0 Å². The van der Waals surface area contributed by atoms with Gasteiger partial charge in [-0.25, -0.2) is 0 Å². The summed E-state index contributed by atoms with van der Waals surface area (Å²) in [5.41, 5.74) is 12.3. The summed E-state index contributed by atoms with van der Waals surface area (Å²) in [5, 5.41) is 0. The first-order valence-corrected chi connectivity index (χ1v) is 7.99. The predicted molar refractivity (Wildman–Crippen MR) is 93.7 cm³/mol. The average Bonchev–Trinajstić information content (AvgIpc) is 2.49. The first-order chi connectivity index (χ1) is 10.5. The highest BCUT2D eigenvalue weighted by molar-refractivity contribution is 5.39. The van der Waals surface area contributed by atoms with Crippen molar-refractivity contribution in [2.24, 2.45) is 5.73 Å². The Morgan fingerprint density at radius 3 is 2.27 bits per heavy atom. The van der Waals surface area contributed by atoms with Crippen molar-refractivity contribution in [3.63, 3.8) is 0 Å². The van der Waals surface area contributed by atoms with Gasteiger partial charge in [0, 0.05) is 0 Å². The zero-order valence-corrected chi connectivity index (χ0v) is 14.1. The van der Waals surface area contributed by atoms with Crippen LogP contribution in [-0.2, 0) is 0 Å². The van der Waals surface area contributed by atoms with Crippen molar-refractivity contribution in [1.29, 1.82) is 0 Å². The van der Waals surface area contributed by atoms with Gasteiger partial charge in [-0.05, 0) is 68.8 Å². The number of hydrogen-bond acceptors (Lipinski definition) is 2. The Balaban J connectivity index is 2.04. The van der Waals surface area contributed by atoms with E-state index in [1.807, 2.05) is 0 Å². The van der Waals surface area contributed by atoms with Crippen LogP contribution in [0.2, 0.25) is 0 Å². The lowest BCUT2D eigenvalue weighted by atomic mass is 9.91. The maximum absolute atomic E-state index is 6.04. The van der Waals surface area contributed by atoms with Gasteiger partial charge in [0.25, 0.3) is 0 Å². The van der Waals surface area contributed by atoms with E-state index in [1.165, 1.54) is 27.8 Å². The minimum Gasteiger partial charge on any atom is -0.493 e. The van der Waals surface area contributed by atoms with E-state index >= 15 is 0 Å². The van der Waals surface area contributed by atoms with E-state index in [9.17, 15) is 0 Å². The standard InChI is InChI=1S/C20H27NO/c1-14-8-9-15(2)19(12-14)18(13-21)10-11-22-20-16(3)6-5-7-17(20)4/h5-9,12,18H,10-11,13,21H2,1-4H3. The Morgan fingerprint density at radius 1 is 0.955 bits per heavy atom. The van der Waals surface area contributed by atoms with Gasteiger partial charge in [0.15, 0.2) is 0 Å². The summed E-state index contributed by atoms with van der Waals surface area (Å²) >= 11 is 0. The molecule has 0 saturated carbocycles. The van der Waals surface area contributed by atoms with Crippen LogP contribution in [0.4, 0.5) is 0 Å². The Morgan fingerprint density at radius 2 is 1.64 bits per heavy atom. The van der Waals surface area contributed by atoms with E-state index in [0.717, 1.165) is 12.2 Å². The van der Waals surface area contributed by atoms with Crippen LogP contribution in [0.15, 0.2) is 36.4 Å². The summed E-state index contributed by atoms with van der Waals surface area (Å²) in [6, 6.07) is 12.8. The van der Waals surface area contributed by atoms with Crippen molar-refractivity contribution in [2.75, 3.05) is 13.2 Å². The molecular formula is C20H27NO. The van der Waals surface area contributed by atoms with E-state index in [0.29, 0.717) is 19.1 Å². The molecule has 2 aromatic rings. The van der Waals surface area contributed by atoms with Crippen molar-refractivity contribution in [3.8, 4) is 5.75 Å². The zero-order valence-electron chi connectivity index (χ0n) is 14.1. The van der Waals surface area contributed by atoms with Crippen molar-refractivity contribution in [2.45, 2.75) is 40.0 Å². The smallest absolute Gasteiger partial charge is 0.125 e. The second-order valence-corrected chi connectivity index (χ2v) is 6.15. The van der Waals surface area contributed by atoms with Crippen molar-refractivity contribution in [3.05, 3.63) is 64.2 Å². The van der Waals surface area contributed by atoms with E-state index in [-0.39, 0.29) is 0 Å². The number of ether oxygens (including phenoxy) is 1. The molecule has 0 aliphatic carbocycles. The lowest BCUT2D eigenvalue weighted by Crippen LogP contribution is -2.17. The van der Waals surface area contributed by atoms with Gasteiger partial charge in [-0.3, -0.25) is 0 Å². The molecular weight excluding hydrogens is 270 g/mol. The zero-order chi connectivity index (χ0) is 16.1. The normalized spacial score (nSPS) is 12.2. The number of rotatable bonds is 6. The van der Waals surface area contributed by atoms with Crippen LogP contribution in [0.25, 0.3) is 0 Å². The molecule has 2 N–H and O–H groups in total. The first-order valence-electron chi connectivity index (χ1n) is 7.99. The summed E-state index contributed by atoms with van der Waals surface area (Å²) in [6.45, 7) is 9.82. The molecule has 0 bridgehead atoms. The van der Waals surface area contributed by atoms with Crippen LogP contribution in [-0.4, -0.2) is 13.2 Å². The van der Waals surface area contributed by atoms with Gasteiger partial charge in [-0.15, -0.1) is 0 Å². The summed E-state index contributed by atoms with van der Waals surface area (Å²) in [6.07, 6.45) is 0.939. The highest BCUT2D eigenvalue weighted by atomic mass is 16.5. The molecule has 1 atom stereocenters. The quantitative estimate of drug-likeness (QED) is 0.856. The molecule has 0 amide bonds. The second-order valence-electron chi connectivity index (χ2n) is 6.15. The summed E-state index contributed by atoms with van der Waals surface area (Å²) in [4.78, 5) is 0. The molecule has 0 radical (unpaired) electrons. The minimum atomic E-state index is 0.351. The van der Waals surface area contributed by atoms with Gasteiger partial charge in [-0.2, -0.15) is 0 Å². The molecule has 0 spiro atoms. The van der Waals surface area contributed by atoms with Crippen molar-refractivity contribution >= 4 is 0 Å². The lowest BCUT2D eigenvalue weighted by Gasteiger charge is -2.19. The SMILES string of the molecule is Cc1ccc(C)c(C(CN)CCOc2c(C)cccc2C)c1. The highest BCUT2D eigenvalue weighted by Crippen LogP contribution is 2.26. The molecule has 2 nitrogen and oxygen atoms in total. The monoisotopic (exact) mass is 297 g/mol. The number of hydrogen-bond donors (Lipinski definition) is 1. The Kier molecular flexibility index (Phi) is 5.62. The minimum absolute atomic E-state index is 0.351. The van der Waals surface area contributed by atoms with E-state index < -0.39 is 0 Å². The van der Waals surface area contributed by atoms with Gasteiger partial charge in [-0.1, -0.05) is 42.0 Å². The third-order valence-electron chi connectivity index (χ3n) is 4.28. The van der Waals surface area contributed by atoms with Crippen LogP contribution < -0.4 is 10.5 Å². The maximum Gasteiger partial charge on any atom is 0.125 e. The third-order valence-corrected chi connectivity index (χ3v) is 4.28. The van der Waals surface area contributed by atoms with Gasteiger partial charge in [0.2, 0.25) is 0 Å². The number of aryl methyl sites for hydroxylation is 4. The number of para-hydroxylation sites is 1. The third kappa shape index (κ3) is 3.89. The summed E-state index contributed by atoms with van der Waals surface area (Å²) < 4.78 is 6.04. The Labute approximate surface area is 134 Å². The molecule has 2 aromatic carbocycles. The van der Waals surface area contributed by atoms with E-state index in [1.54, 1.807) is 0 Å². The molecule has 0 aliphatic rings. The van der Waals surface area contributed by atoms with E-state index in [2.05, 4.69) is 64.1 Å². The van der Waals surface area contributed by atoms with Gasteiger partial charge in [0.05, 0.1) is 6.61 Å². The van der Waals surface area contributed by atoms with Crippen LogP contribution >= 0.6 is 0 Å². The molecule has 0 fully saturated rings. The molecule has 2 heteroatoms. The predicted octanol–water partition coefficient (Wildman–Crippen LogP) is 4.43. The fourth-order valence-corrected chi connectivity index (χ4v) is 2.93. The van der Waals surface area contributed by atoms with Gasteiger partial charge in [0.1, 0.15) is 5.75 Å². The largest absolute Gasteiger partial charge is 0.493 e. The Hall–Kier alpha value is -1.80. The van der Waals surface area contributed by atoms with Gasteiger partial charge >= 0.3 is 0 Å². The number of nitrogens with two attached hydrogens (primary N) is 1. The Bertz CT molecular complexity index is 613. The number of benzene rings is 2. The lowest BCUT2D eigenvalue weighted by molar-refractivity contribution is 0.294. The molecule has 0 heterocycles. The highest BCUT2D eigenvalue weighted by Gasteiger charge is 2.13. The van der Waals surface area contributed by atoms with Crippen molar-refractivity contribution < 1.29 is 4.74 Å². The van der Waals surface area contributed by atoms with Crippen LogP contribution in [0.3, 0.4) is 0 Å². The topological polar surface area (TPSA) is 35.2 Å². The fourth-order valence-electron chi connectivity index (χ4n) is 2.93. The fraction of sp³-hybridized carbons (Fsp3) is 0.400. The molecule has 22 heavy (non-hydrogen) atoms.